The molecule has 0 bridgehead atoms. The van der Waals surface area contributed by atoms with E-state index in [1.807, 2.05) is 30.3 Å². The van der Waals surface area contributed by atoms with Crippen molar-refractivity contribution >= 4 is 11.9 Å². The highest BCUT2D eigenvalue weighted by atomic mass is 16.5. The first-order valence-corrected chi connectivity index (χ1v) is 6.85. The molecule has 1 heterocycles. The molecule has 0 aliphatic carbocycles. The Morgan fingerprint density at radius 3 is 2.77 bits per heavy atom. The van der Waals surface area contributed by atoms with Gasteiger partial charge in [0.15, 0.2) is 0 Å². The third-order valence-corrected chi connectivity index (χ3v) is 2.98. The maximum absolute atomic E-state index is 11.8. The van der Waals surface area contributed by atoms with Crippen molar-refractivity contribution in [3.8, 4) is 0 Å². The lowest BCUT2D eigenvalue weighted by molar-refractivity contribution is -0.145. The summed E-state index contributed by atoms with van der Waals surface area (Å²) < 4.78 is 5.05. The number of amides is 1. The average Bonchev–Trinajstić information content (AvgIpc) is 3.04. The minimum Gasteiger partial charge on any atom is -0.460 e. The van der Waals surface area contributed by atoms with Crippen LogP contribution in [0.5, 0.6) is 0 Å². The summed E-state index contributed by atoms with van der Waals surface area (Å²) in [5.74, 6) is -0.919. The van der Waals surface area contributed by atoms with Crippen LogP contribution in [-0.2, 0) is 27.4 Å². The van der Waals surface area contributed by atoms with Crippen molar-refractivity contribution in [1.29, 1.82) is 0 Å². The van der Waals surface area contributed by atoms with Gasteiger partial charge in [-0.3, -0.25) is 9.59 Å². The molecule has 0 spiro atoms. The predicted octanol–water partition coefficient (Wildman–Crippen LogP) is 0.139. The second kappa shape index (κ2) is 7.94. The summed E-state index contributed by atoms with van der Waals surface area (Å²) in [6.45, 7) is -0.0297. The van der Waals surface area contributed by atoms with Crippen molar-refractivity contribution in [2.24, 2.45) is 5.73 Å². The summed E-state index contributed by atoms with van der Waals surface area (Å²) in [5, 5.41) is 2.46. The number of nitrogens with one attached hydrogen (secondary N) is 2. The van der Waals surface area contributed by atoms with Crippen molar-refractivity contribution < 1.29 is 14.3 Å². The number of hydrogen-bond acceptors (Lipinski definition) is 5. The van der Waals surface area contributed by atoms with Crippen LogP contribution in [0.15, 0.2) is 42.9 Å². The standard InChI is InChI=1S/C15H18N4O3/c16-13(6-12-7-17-10-19-12)15(21)18-8-14(20)22-9-11-4-2-1-3-5-11/h1-5,7,10,13H,6,8-9,16H2,(H,17,19)(H,18,21)/t13-/m0/s1. The first-order valence-electron chi connectivity index (χ1n) is 6.85. The molecule has 22 heavy (non-hydrogen) atoms. The summed E-state index contributed by atoms with van der Waals surface area (Å²) in [5.41, 5.74) is 7.39. The van der Waals surface area contributed by atoms with Crippen LogP contribution in [0.25, 0.3) is 0 Å². The number of aromatic nitrogens is 2. The van der Waals surface area contributed by atoms with Gasteiger partial charge in [-0.05, 0) is 5.56 Å². The SMILES string of the molecule is N[C@@H](Cc1cnc[nH]1)C(=O)NCC(=O)OCc1ccccc1. The van der Waals surface area contributed by atoms with Crippen LogP contribution in [0.3, 0.4) is 0 Å². The molecule has 0 unspecified atom stereocenters. The Hall–Kier alpha value is -2.67. The second-order valence-corrected chi connectivity index (χ2v) is 4.75. The van der Waals surface area contributed by atoms with Gasteiger partial charge < -0.3 is 20.8 Å². The Morgan fingerprint density at radius 2 is 2.09 bits per heavy atom. The molecule has 1 aromatic heterocycles. The van der Waals surface area contributed by atoms with Crippen molar-refractivity contribution in [3.05, 3.63) is 54.1 Å². The van der Waals surface area contributed by atoms with Crippen molar-refractivity contribution in [2.75, 3.05) is 6.54 Å². The fraction of sp³-hybridized carbons (Fsp3) is 0.267. The van der Waals surface area contributed by atoms with E-state index in [2.05, 4.69) is 15.3 Å². The fourth-order valence-electron chi connectivity index (χ4n) is 1.81. The van der Waals surface area contributed by atoms with Gasteiger partial charge in [0.25, 0.3) is 0 Å². The molecular formula is C15H18N4O3. The van der Waals surface area contributed by atoms with E-state index in [0.29, 0.717) is 6.42 Å². The molecule has 1 aromatic carbocycles. The third-order valence-electron chi connectivity index (χ3n) is 2.98. The van der Waals surface area contributed by atoms with Gasteiger partial charge in [-0.2, -0.15) is 0 Å². The summed E-state index contributed by atoms with van der Waals surface area (Å²) >= 11 is 0. The number of benzene rings is 1. The molecule has 7 nitrogen and oxygen atoms in total. The lowest BCUT2D eigenvalue weighted by Gasteiger charge is -2.11. The molecule has 7 heteroatoms. The molecule has 0 aliphatic heterocycles. The normalized spacial score (nSPS) is 11.7. The molecule has 0 aliphatic rings. The first-order chi connectivity index (χ1) is 10.6. The predicted molar refractivity (Wildman–Crippen MR) is 79.5 cm³/mol. The number of H-pyrrole nitrogens is 1. The molecule has 0 saturated carbocycles. The number of nitrogens with two attached hydrogens (primary N) is 1. The summed E-state index contributed by atoms with van der Waals surface area (Å²) in [6.07, 6.45) is 3.44. The monoisotopic (exact) mass is 302 g/mol. The maximum atomic E-state index is 11.8. The molecule has 2 rings (SSSR count). The summed E-state index contributed by atoms with van der Waals surface area (Å²) in [7, 11) is 0. The van der Waals surface area contributed by atoms with Gasteiger partial charge in [-0.1, -0.05) is 30.3 Å². The molecule has 0 fully saturated rings. The van der Waals surface area contributed by atoms with E-state index in [0.717, 1.165) is 11.3 Å². The minimum atomic E-state index is -0.748. The number of esters is 1. The summed E-state index contributed by atoms with van der Waals surface area (Å²) in [4.78, 5) is 30.0. The molecule has 1 atom stereocenters. The van der Waals surface area contributed by atoms with Gasteiger partial charge in [0.1, 0.15) is 13.2 Å². The van der Waals surface area contributed by atoms with Crippen LogP contribution in [0.2, 0.25) is 0 Å². The minimum absolute atomic E-state index is 0.176. The number of imidazole rings is 1. The highest BCUT2D eigenvalue weighted by Gasteiger charge is 2.16. The van der Waals surface area contributed by atoms with E-state index in [4.69, 9.17) is 10.5 Å². The van der Waals surface area contributed by atoms with Gasteiger partial charge in [0.05, 0.1) is 12.4 Å². The number of nitrogens with zero attached hydrogens (tertiary/aromatic N) is 1. The van der Waals surface area contributed by atoms with Crippen LogP contribution in [0.4, 0.5) is 0 Å². The van der Waals surface area contributed by atoms with Crippen LogP contribution >= 0.6 is 0 Å². The smallest absolute Gasteiger partial charge is 0.325 e. The molecule has 0 saturated heterocycles. The highest BCUT2D eigenvalue weighted by Crippen LogP contribution is 2.00. The Kier molecular flexibility index (Phi) is 5.67. The number of carbonyl (C=O) groups is 2. The second-order valence-electron chi connectivity index (χ2n) is 4.75. The highest BCUT2D eigenvalue weighted by molar-refractivity contribution is 5.85. The number of carbonyl (C=O) groups excluding carboxylic acids is 2. The van der Waals surface area contributed by atoms with E-state index < -0.39 is 17.9 Å². The molecule has 2 aromatic rings. The molecule has 1 amide bonds. The van der Waals surface area contributed by atoms with Crippen molar-refractivity contribution in [2.45, 2.75) is 19.1 Å². The van der Waals surface area contributed by atoms with Crippen molar-refractivity contribution in [3.63, 3.8) is 0 Å². The van der Waals surface area contributed by atoms with E-state index in [1.54, 1.807) is 6.20 Å². The fourth-order valence-corrected chi connectivity index (χ4v) is 1.81. The van der Waals surface area contributed by atoms with Gasteiger partial charge in [-0.25, -0.2) is 4.98 Å². The van der Waals surface area contributed by atoms with Crippen LogP contribution in [0.1, 0.15) is 11.3 Å². The lowest BCUT2D eigenvalue weighted by atomic mass is 10.1. The van der Waals surface area contributed by atoms with Gasteiger partial charge in [0.2, 0.25) is 5.91 Å². The Labute approximate surface area is 127 Å². The summed E-state index contributed by atoms with van der Waals surface area (Å²) in [6, 6.07) is 8.56. The van der Waals surface area contributed by atoms with Crippen LogP contribution < -0.4 is 11.1 Å². The van der Waals surface area contributed by atoms with Gasteiger partial charge >= 0.3 is 5.97 Å². The number of rotatable bonds is 7. The van der Waals surface area contributed by atoms with E-state index >= 15 is 0 Å². The number of hydrogen-bond donors (Lipinski definition) is 3. The quantitative estimate of drug-likeness (QED) is 0.630. The Balaban J connectivity index is 1.68. The average molecular weight is 302 g/mol. The van der Waals surface area contributed by atoms with Gasteiger partial charge in [0, 0.05) is 18.3 Å². The third kappa shape index (κ3) is 5.02. The van der Waals surface area contributed by atoms with Gasteiger partial charge in [-0.15, -0.1) is 0 Å². The molecular weight excluding hydrogens is 284 g/mol. The van der Waals surface area contributed by atoms with E-state index in [-0.39, 0.29) is 13.2 Å². The number of aromatic amines is 1. The molecule has 4 N–H and O–H groups in total. The van der Waals surface area contributed by atoms with Crippen LogP contribution in [0, 0.1) is 0 Å². The maximum Gasteiger partial charge on any atom is 0.325 e. The van der Waals surface area contributed by atoms with Crippen LogP contribution in [-0.4, -0.2) is 34.4 Å². The zero-order chi connectivity index (χ0) is 15.8. The Morgan fingerprint density at radius 1 is 1.32 bits per heavy atom. The molecule has 116 valence electrons. The first kappa shape index (κ1) is 15.7. The van der Waals surface area contributed by atoms with Crippen molar-refractivity contribution in [1.82, 2.24) is 15.3 Å². The Bertz CT molecular complexity index is 599. The zero-order valence-electron chi connectivity index (χ0n) is 12.0. The molecule has 0 radical (unpaired) electrons. The lowest BCUT2D eigenvalue weighted by Crippen LogP contribution is -2.44. The number of ether oxygens (including phenoxy) is 1. The zero-order valence-corrected chi connectivity index (χ0v) is 12.0. The van der Waals surface area contributed by atoms with E-state index in [9.17, 15) is 9.59 Å². The van der Waals surface area contributed by atoms with E-state index in [1.165, 1.54) is 6.33 Å². The topological polar surface area (TPSA) is 110 Å². The largest absolute Gasteiger partial charge is 0.460 e.